The summed E-state index contributed by atoms with van der Waals surface area (Å²) in [5.41, 5.74) is 7.57. The smallest absolute Gasteiger partial charge is 0.0598 e. The van der Waals surface area contributed by atoms with Gasteiger partial charge in [-0.25, -0.2) is 0 Å². The van der Waals surface area contributed by atoms with E-state index in [9.17, 15) is 0 Å². The molecule has 0 saturated heterocycles. The van der Waals surface area contributed by atoms with Crippen LogP contribution in [0.15, 0.2) is 24.3 Å². The molecule has 1 aromatic carbocycles. The molecule has 2 N–H and O–H groups in total. The van der Waals surface area contributed by atoms with Gasteiger partial charge in [0.05, 0.1) is 10.0 Å². The van der Waals surface area contributed by atoms with Gasteiger partial charge in [-0.15, -0.1) is 0 Å². The summed E-state index contributed by atoms with van der Waals surface area (Å²) in [4.78, 5) is 0. The molecule has 0 aliphatic heterocycles. The molecule has 0 aliphatic rings. The van der Waals surface area contributed by atoms with Crippen LogP contribution in [0.4, 0.5) is 0 Å². The maximum Gasteiger partial charge on any atom is 0.0598 e. The number of hydrogen-bond donors (Lipinski definition) is 1. The zero-order valence-electron chi connectivity index (χ0n) is 7.35. The fourth-order valence-corrected chi connectivity index (χ4v) is 1.33. The molecular formula is C10H11Cl2N. The molecule has 0 saturated carbocycles. The van der Waals surface area contributed by atoms with Crippen LogP contribution < -0.4 is 5.73 Å². The van der Waals surface area contributed by atoms with E-state index in [1.54, 1.807) is 6.07 Å². The highest BCUT2D eigenvalue weighted by molar-refractivity contribution is 6.42. The number of halogens is 2. The Balaban J connectivity index is 3.04. The Hall–Kier alpha value is -0.500. The minimum atomic E-state index is 0.534. The van der Waals surface area contributed by atoms with Gasteiger partial charge >= 0.3 is 0 Å². The van der Waals surface area contributed by atoms with Crippen molar-refractivity contribution in [2.24, 2.45) is 5.73 Å². The van der Waals surface area contributed by atoms with Crippen molar-refractivity contribution in [1.82, 2.24) is 0 Å². The lowest BCUT2D eigenvalue weighted by molar-refractivity contribution is 1.25. The lowest BCUT2D eigenvalue weighted by Gasteiger charge is -2.02. The van der Waals surface area contributed by atoms with Crippen molar-refractivity contribution >= 4 is 28.8 Å². The zero-order chi connectivity index (χ0) is 9.84. The van der Waals surface area contributed by atoms with E-state index in [0.717, 1.165) is 11.1 Å². The van der Waals surface area contributed by atoms with Crippen LogP contribution in [0.5, 0.6) is 0 Å². The monoisotopic (exact) mass is 215 g/mol. The van der Waals surface area contributed by atoms with Crippen LogP contribution in [0.25, 0.3) is 5.57 Å². The average Bonchev–Trinajstić information content (AvgIpc) is 2.10. The minimum absolute atomic E-state index is 0.534. The predicted molar refractivity (Wildman–Crippen MR) is 59.2 cm³/mol. The van der Waals surface area contributed by atoms with E-state index in [2.05, 4.69) is 0 Å². The molecule has 0 fully saturated rings. The quantitative estimate of drug-likeness (QED) is 0.805. The van der Waals surface area contributed by atoms with Gasteiger partial charge in [-0.2, -0.15) is 0 Å². The van der Waals surface area contributed by atoms with Crippen LogP contribution >= 0.6 is 23.2 Å². The Labute approximate surface area is 88.1 Å². The van der Waals surface area contributed by atoms with Crippen LogP contribution in [-0.2, 0) is 0 Å². The Morgan fingerprint density at radius 2 is 2.08 bits per heavy atom. The molecule has 1 aromatic rings. The summed E-state index contributed by atoms with van der Waals surface area (Å²) < 4.78 is 0. The van der Waals surface area contributed by atoms with Gasteiger partial charge in [-0.3, -0.25) is 0 Å². The maximum atomic E-state index is 5.87. The van der Waals surface area contributed by atoms with Crippen molar-refractivity contribution in [3.8, 4) is 0 Å². The van der Waals surface area contributed by atoms with Crippen molar-refractivity contribution in [3.05, 3.63) is 39.9 Å². The highest BCUT2D eigenvalue weighted by Crippen LogP contribution is 2.25. The normalized spacial score (nSPS) is 11.8. The van der Waals surface area contributed by atoms with Gasteiger partial charge in [0, 0.05) is 6.54 Å². The molecule has 0 unspecified atom stereocenters. The molecule has 70 valence electrons. The first-order valence-corrected chi connectivity index (χ1v) is 4.73. The van der Waals surface area contributed by atoms with Gasteiger partial charge in [0.25, 0.3) is 0 Å². The molecule has 0 spiro atoms. The van der Waals surface area contributed by atoms with E-state index >= 15 is 0 Å². The molecule has 0 bridgehead atoms. The first kappa shape index (κ1) is 10.6. The summed E-state index contributed by atoms with van der Waals surface area (Å²) in [5, 5.41) is 1.15. The largest absolute Gasteiger partial charge is 0.327 e. The molecule has 0 radical (unpaired) electrons. The maximum absolute atomic E-state index is 5.87. The highest BCUT2D eigenvalue weighted by Gasteiger charge is 1.99. The summed E-state index contributed by atoms with van der Waals surface area (Å²) >= 11 is 11.7. The van der Waals surface area contributed by atoms with Gasteiger partial charge < -0.3 is 5.73 Å². The van der Waals surface area contributed by atoms with Crippen molar-refractivity contribution in [2.75, 3.05) is 6.54 Å². The molecule has 1 rings (SSSR count). The van der Waals surface area contributed by atoms with Gasteiger partial charge in [0.15, 0.2) is 0 Å². The standard InChI is InChI=1S/C10H11Cl2N/c1-7(4-5-13)8-2-3-9(11)10(12)6-8/h2-4,6H,5,13H2,1H3. The van der Waals surface area contributed by atoms with Crippen molar-refractivity contribution in [2.45, 2.75) is 6.92 Å². The van der Waals surface area contributed by atoms with Gasteiger partial charge in [-0.1, -0.05) is 35.3 Å². The lowest BCUT2D eigenvalue weighted by atomic mass is 10.1. The summed E-state index contributed by atoms with van der Waals surface area (Å²) in [5.74, 6) is 0. The molecular weight excluding hydrogens is 205 g/mol. The Morgan fingerprint density at radius 3 is 2.62 bits per heavy atom. The second-order valence-corrected chi connectivity index (χ2v) is 3.57. The molecule has 0 atom stereocenters. The number of allylic oxidation sites excluding steroid dienone is 1. The van der Waals surface area contributed by atoms with Crippen molar-refractivity contribution < 1.29 is 0 Å². The predicted octanol–water partition coefficient (Wildman–Crippen LogP) is 3.36. The number of rotatable bonds is 2. The topological polar surface area (TPSA) is 26.0 Å². The highest BCUT2D eigenvalue weighted by atomic mass is 35.5. The van der Waals surface area contributed by atoms with E-state index in [1.165, 1.54) is 0 Å². The number of benzene rings is 1. The third-order valence-corrected chi connectivity index (χ3v) is 2.54. The van der Waals surface area contributed by atoms with E-state index < -0.39 is 0 Å². The van der Waals surface area contributed by atoms with Gasteiger partial charge in [-0.05, 0) is 30.2 Å². The van der Waals surface area contributed by atoms with E-state index in [4.69, 9.17) is 28.9 Å². The van der Waals surface area contributed by atoms with Crippen LogP contribution in [-0.4, -0.2) is 6.54 Å². The summed E-state index contributed by atoms with van der Waals surface area (Å²) in [6.07, 6.45) is 1.94. The lowest BCUT2D eigenvalue weighted by Crippen LogP contribution is -1.94. The fourth-order valence-electron chi connectivity index (χ4n) is 1.04. The molecule has 13 heavy (non-hydrogen) atoms. The molecule has 0 heterocycles. The van der Waals surface area contributed by atoms with Crippen molar-refractivity contribution in [3.63, 3.8) is 0 Å². The second kappa shape index (κ2) is 4.66. The van der Waals surface area contributed by atoms with Crippen LogP contribution in [0.3, 0.4) is 0 Å². The third-order valence-electron chi connectivity index (χ3n) is 1.80. The Morgan fingerprint density at radius 1 is 1.38 bits per heavy atom. The first-order valence-electron chi connectivity index (χ1n) is 3.97. The van der Waals surface area contributed by atoms with Crippen LogP contribution in [0.2, 0.25) is 10.0 Å². The minimum Gasteiger partial charge on any atom is -0.327 e. The Kier molecular flexibility index (Phi) is 3.79. The summed E-state index contributed by atoms with van der Waals surface area (Å²) in [7, 11) is 0. The number of nitrogens with two attached hydrogens (primary N) is 1. The average molecular weight is 216 g/mol. The number of hydrogen-bond acceptors (Lipinski definition) is 1. The van der Waals surface area contributed by atoms with E-state index in [0.29, 0.717) is 16.6 Å². The summed E-state index contributed by atoms with van der Waals surface area (Å²) in [6.45, 7) is 2.53. The fraction of sp³-hybridized carbons (Fsp3) is 0.200. The molecule has 3 heteroatoms. The molecule has 0 aliphatic carbocycles. The first-order chi connectivity index (χ1) is 6.15. The molecule has 0 amide bonds. The van der Waals surface area contributed by atoms with E-state index in [-0.39, 0.29) is 0 Å². The molecule has 0 aromatic heterocycles. The Bertz CT molecular complexity index is 332. The zero-order valence-corrected chi connectivity index (χ0v) is 8.86. The van der Waals surface area contributed by atoms with E-state index in [1.807, 2.05) is 25.1 Å². The van der Waals surface area contributed by atoms with Crippen molar-refractivity contribution in [1.29, 1.82) is 0 Å². The third kappa shape index (κ3) is 2.73. The van der Waals surface area contributed by atoms with Gasteiger partial charge in [0.1, 0.15) is 0 Å². The van der Waals surface area contributed by atoms with Crippen LogP contribution in [0, 0.1) is 0 Å². The second-order valence-electron chi connectivity index (χ2n) is 2.75. The van der Waals surface area contributed by atoms with Crippen LogP contribution in [0.1, 0.15) is 12.5 Å². The SMILES string of the molecule is CC(=CCN)c1ccc(Cl)c(Cl)c1. The molecule has 1 nitrogen and oxygen atoms in total. The van der Waals surface area contributed by atoms with Gasteiger partial charge in [0.2, 0.25) is 0 Å². The summed E-state index contributed by atoms with van der Waals surface area (Å²) in [6, 6.07) is 5.55.